The monoisotopic (exact) mass is 289 g/mol. The Balaban J connectivity index is 0. The molecule has 0 saturated carbocycles. The second-order valence-corrected chi connectivity index (χ2v) is 3.24. The Morgan fingerprint density at radius 1 is 0.900 bits per heavy atom. The highest BCUT2D eigenvalue weighted by Gasteiger charge is 2.06. The number of rotatable bonds is 2. The van der Waals surface area contributed by atoms with E-state index in [1.54, 1.807) is 11.8 Å². The number of nitrogens with zero attached hydrogens (tertiary/aromatic N) is 1. The minimum atomic E-state index is -3.67. The summed E-state index contributed by atoms with van der Waals surface area (Å²) in [5.74, 6) is 0. The third-order valence-electron chi connectivity index (χ3n) is 2.12. The van der Waals surface area contributed by atoms with Crippen LogP contribution in [0.15, 0.2) is 54.9 Å². The average molecular weight is 289 g/mol. The fourth-order valence-electron chi connectivity index (χ4n) is 1.36. The van der Waals surface area contributed by atoms with Crippen molar-refractivity contribution in [3.63, 3.8) is 0 Å². The van der Waals surface area contributed by atoms with E-state index >= 15 is 0 Å². The molecule has 0 spiro atoms. The number of aromatic nitrogens is 1. The van der Waals surface area contributed by atoms with Gasteiger partial charge >= 0.3 is 7.54 Å². The molecule has 0 atom stereocenters. The lowest BCUT2D eigenvalue weighted by Gasteiger charge is -1.98. The maximum atomic E-state index is 9.67. The Labute approximate surface area is 116 Å². The van der Waals surface area contributed by atoms with Gasteiger partial charge in [0.05, 0.1) is 0 Å². The van der Waals surface area contributed by atoms with Gasteiger partial charge in [0.2, 0.25) is 12.4 Å². The van der Waals surface area contributed by atoms with Gasteiger partial charge in [-0.05, 0) is 11.1 Å². The summed E-state index contributed by atoms with van der Waals surface area (Å²) in [5.41, 5.74) is 2.41. The second kappa shape index (κ2) is 10.8. The van der Waals surface area contributed by atoms with E-state index in [0.29, 0.717) is 0 Å². The molecule has 0 amide bonds. The Hall–Kier alpha value is -2.05. The molecule has 0 aliphatic heterocycles. The zero-order valence-electron chi connectivity index (χ0n) is 10.1. The van der Waals surface area contributed by atoms with Gasteiger partial charge in [-0.25, -0.2) is 0 Å². The maximum Gasteiger partial charge on any atom is 0.762 e. The molecule has 7 heteroatoms. The molecule has 0 saturated heterocycles. The van der Waals surface area contributed by atoms with E-state index in [2.05, 4.69) is 12.1 Å². The van der Waals surface area contributed by atoms with Gasteiger partial charge in [0.25, 0.3) is 0 Å². The maximum absolute atomic E-state index is 9.67. The zero-order chi connectivity index (χ0) is 13.4. The summed E-state index contributed by atoms with van der Waals surface area (Å²) < 4.78 is 30.7. The molecule has 1 aromatic heterocycles. The van der Waals surface area contributed by atoms with Crippen LogP contribution in [-0.4, -0.2) is 14.7 Å². The first-order valence-electron chi connectivity index (χ1n) is 5.17. The summed E-state index contributed by atoms with van der Waals surface area (Å²) in [6.45, 7) is 0. The first-order valence-corrected chi connectivity index (χ1v) is 5.17. The SMILES string of the molecule is C.CO[n+]1ccc(-c2ccccc2)cc1.FB(F)F.[F-]. The van der Waals surface area contributed by atoms with Gasteiger partial charge in [-0.1, -0.05) is 37.8 Å². The van der Waals surface area contributed by atoms with E-state index in [9.17, 15) is 12.9 Å². The van der Waals surface area contributed by atoms with Gasteiger partial charge < -0.3 is 4.70 Å². The summed E-state index contributed by atoms with van der Waals surface area (Å²) in [7, 11) is -2.03. The van der Waals surface area contributed by atoms with Gasteiger partial charge in [0.1, 0.15) is 7.11 Å². The standard InChI is InChI=1S/C12H12NO.CH4.BF3.FH/c1-14-13-9-7-12(8-10-13)11-5-3-2-4-6-11;;2-1(3)4;/h2-10H,1H3;1H4;;1H/q+1;;;/p-1. The van der Waals surface area contributed by atoms with E-state index < -0.39 is 7.54 Å². The minimum absolute atomic E-state index is 0. The fraction of sp³-hybridized carbons (Fsp3) is 0.154. The van der Waals surface area contributed by atoms with E-state index in [1.165, 1.54) is 11.1 Å². The molecule has 0 N–H and O–H groups in total. The van der Waals surface area contributed by atoms with Crippen LogP contribution in [0.2, 0.25) is 0 Å². The zero-order valence-corrected chi connectivity index (χ0v) is 10.1. The van der Waals surface area contributed by atoms with Crippen molar-refractivity contribution in [2.24, 2.45) is 0 Å². The van der Waals surface area contributed by atoms with E-state index in [1.807, 2.05) is 42.7 Å². The van der Waals surface area contributed by atoms with E-state index in [4.69, 9.17) is 4.84 Å². The molecule has 110 valence electrons. The molecule has 0 aliphatic rings. The summed E-state index contributed by atoms with van der Waals surface area (Å²) >= 11 is 0. The summed E-state index contributed by atoms with van der Waals surface area (Å²) in [4.78, 5) is 5.02. The fourth-order valence-corrected chi connectivity index (χ4v) is 1.36. The van der Waals surface area contributed by atoms with Gasteiger partial charge in [-0.3, -0.25) is 17.8 Å². The molecule has 1 heterocycles. The molecule has 2 nitrogen and oxygen atoms in total. The molecule has 2 aromatic rings. The van der Waals surface area contributed by atoms with Gasteiger partial charge in [0.15, 0.2) is 0 Å². The van der Waals surface area contributed by atoms with Crippen molar-refractivity contribution >= 4 is 7.54 Å². The van der Waals surface area contributed by atoms with Gasteiger partial charge in [0, 0.05) is 16.9 Å². The van der Waals surface area contributed by atoms with E-state index in [-0.39, 0.29) is 12.1 Å². The highest BCUT2D eigenvalue weighted by Crippen LogP contribution is 2.16. The van der Waals surface area contributed by atoms with Crippen LogP contribution in [0.3, 0.4) is 0 Å². The lowest BCUT2D eigenvalue weighted by molar-refractivity contribution is -0.885. The number of hydrogen-bond acceptors (Lipinski definition) is 1. The van der Waals surface area contributed by atoms with Crippen molar-refractivity contribution in [3.05, 3.63) is 54.9 Å². The van der Waals surface area contributed by atoms with Gasteiger partial charge in [-0.15, -0.1) is 0 Å². The summed E-state index contributed by atoms with van der Waals surface area (Å²) in [5, 5.41) is 0. The van der Waals surface area contributed by atoms with Crippen molar-refractivity contribution in [3.8, 4) is 11.1 Å². The topological polar surface area (TPSA) is 13.1 Å². The third kappa shape index (κ3) is 7.40. The largest absolute Gasteiger partial charge is 1.00 e. The molecular formula is C13H16BF4NO. The van der Waals surface area contributed by atoms with Crippen LogP contribution in [-0.2, 0) is 0 Å². The van der Waals surface area contributed by atoms with Crippen LogP contribution in [0, 0.1) is 0 Å². The summed E-state index contributed by atoms with van der Waals surface area (Å²) in [6.07, 6.45) is 3.78. The van der Waals surface area contributed by atoms with Crippen molar-refractivity contribution in [1.82, 2.24) is 0 Å². The molecule has 2 rings (SSSR count). The van der Waals surface area contributed by atoms with Crippen LogP contribution in [0.5, 0.6) is 0 Å². The van der Waals surface area contributed by atoms with Crippen molar-refractivity contribution in [1.29, 1.82) is 0 Å². The Morgan fingerprint density at radius 3 is 1.70 bits per heavy atom. The van der Waals surface area contributed by atoms with E-state index in [0.717, 1.165) is 0 Å². The normalized spacial score (nSPS) is 8.20. The van der Waals surface area contributed by atoms with Crippen LogP contribution in [0.1, 0.15) is 7.43 Å². The Bertz CT molecular complexity index is 451. The van der Waals surface area contributed by atoms with Crippen LogP contribution < -0.4 is 14.3 Å². The molecule has 1 aromatic carbocycles. The smallest absolute Gasteiger partial charge is 0.762 e. The molecular weight excluding hydrogens is 273 g/mol. The molecule has 0 fully saturated rings. The lowest BCUT2D eigenvalue weighted by atomic mass is 10.1. The van der Waals surface area contributed by atoms with Crippen molar-refractivity contribution < 1.29 is 27.2 Å². The number of hydrogen-bond donors (Lipinski definition) is 0. The number of benzene rings is 1. The Kier molecular flexibility index (Phi) is 11.0. The average Bonchev–Trinajstić information content (AvgIpc) is 2.39. The number of halogens is 4. The molecule has 0 bridgehead atoms. The van der Waals surface area contributed by atoms with Crippen LogP contribution in [0.4, 0.5) is 12.9 Å². The van der Waals surface area contributed by atoms with Crippen molar-refractivity contribution in [2.75, 3.05) is 7.11 Å². The lowest BCUT2D eigenvalue weighted by Crippen LogP contribution is -3.00. The Morgan fingerprint density at radius 2 is 1.30 bits per heavy atom. The first-order chi connectivity index (χ1) is 8.63. The first kappa shape index (κ1) is 20.3. The third-order valence-corrected chi connectivity index (χ3v) is 2.12. The highest BCUT2D eigenvalue weighted by atomic mass is 19.4. The quantitative estimate of drug-likeness (QED) is 0.438. The molecule has 0 unspecified atom stereocenters. The number of pyridine rings is 1. The second-order valence-electron chi connectivity index (χ2n) is 3.24. The van der Waals surface area contributed by atoms with Crippen molar-refractivity contribution in [2.45, 2.75) is 7.43 Å². The van der Waals surface area contributed by atoms with Crippen LogP contribution >= 0.6 is 0 Å². The predicted molar refractivity (Wildman–Crippen MR) is 70.4 cm³/mol. The highest BCUT2D eigenvalue weighted by molar-refractivity contribution is 6.33. The minimum Gasteiger partial charge on any atom is -1.00 e. The predicted octanol–water partition coefficient (Wildman–Crippen LogP) is 0.219. The van der Waals surface area contributed by atoms with Crippen LogP contribution in [0.25, 0.3) is 11.1 Å². The molecule has 0 radical (unpaired) electrons. The molecule has 0 aliphatic carbocycles. The molecule has 20 heavy (non-hydrogen) atoms. The van der Waals surface area contributed by atoms with Gasteiger partial charge in [-0.2, -0.15) is 0 Å². The summed E-state index contributed by atoms with van der Waals surface area (Å²) in [6, 6.07) is 14.3.